The molecule has 2 aliphatic rings. The molecule has 3 heterocycles. The minimum Gasteiger partial charge on any atom is -0.356 e. The van der Waals surface area contributed by atoms with Crippen LogP contribution in [0.4, 0.5) is 20.4 Å². The van der Waals surface area contributed by atoms with E-state index in [2.05, 4.69) is 25.4 Å². The number of hydrazone groups is 1. The van der Waals surface area contributed by atoms with Crippen molar-refractivity contribution in [2.45, 2.75) is 36.2 Å². The standard InChI is InChI=1S/C25H22F2N6OS/c1-15-12-22(32-31-15)28-21-14-23(33-10-3-11-33)30-25(29-21)35-17-8-6-16(7-9-17)13-20(34)24-18(26)4-2-5-19(24)27/h2,4-9,14H,3,10-13H2,1H3,(H,28,29,30,32). The molecule has 3 aromatic rings. The summed E-state index contributed by atoms with van der Waals surface area (Å²) in [5, 5.41) is 4.71. The second kappa shape index (κ2) is 9.91. The molecular formula is C25H22F2N6OS. The Labute approximate surface area is 205 Å². The van der Waals surface area contributed by atoms with Gasteiger partial charge in [-0.15, -0.1) is 0 Å². The molecular weight excluding hydrogens is 470 g/mol. The first-order chi connectivity index (χ1) is 16.9. The number of aliphatic imine (C=N–C) groups is 1. The smallest absolute Gasteiger partial charge is 0.196 e. The molecule has 5 rings (SSSR count). The van der Waals surface area contributed by atoms with Crippen molar-refractivity contribution in [3.63, 3.8) is 0 Å². The van der Waals surface area contributed by atoms with Crippen LogP contribution in [0.5, 0.6) is 0 Å². The highest BCUT2D eigenvalue weighted by molar-refractivity contribution is 7.99. The van der Waals surface area contributed by atoms with Crippen LogP contribution in [-0.2, 0) is 6.42 Å². The number of carbonyl (C=O) groups excluding carboxylic acids is 1. The first-order valence-corrected chi connectivity index (χ1v) is 12.0. The molecule has 0 radical (unpaired) electrons. The van der Waals surface area contributed by atoms with E-state index >= 15 is 0 Å². The largest absolute Gasteiger partial charge is 0.356 e. The van der Waals surface area contributed by atoms with Crippen LogP contribution in [0.3, 0.4) is 0 Å². The maximum atomic E-state index is 13.9. The van der Waals surface area contributed by atoms with Crippen LogP contribution in [0.25, 0.3) is 0 Å². The van der Waals surface area contributed by atoms with Gasteiger partial charge in [-0.1, -0.05) is 18.2 Å². The van der Waals surface area contributed by atoms with E-state index in [4.69, 9.17) is 4.98 Å². The molecule has 0 bridgehead atoms. The Morgan fingerprint density at radius 1 is 1.11 bits per heavy atom. The van der Waals surface area contributed by atoms with Crippen LogP contribution in [0.2, 0.25) is 0 Å². The minimum absolute atomic E-state index is 0.0973. The lowest BCUT2D eigenvalue weighted by atomic mass is 10.0. The highest BCUT2D eigenvalue weighted by atomic mass is 32.2. The average molecular weight is 493 g/mol. The Morgan fingerprint density at radius 2 is 1.86 bits per heavy atom. The third kappa shape index (κ3) is 5.37. The highest BCUT2D eigenvalue weighted by Gasteiger charge is 2.20. The Balaban J connectivity index is 1.32. The number of ketones is 1. The van der Waals surface area contributed by atoms with Gasteiger partial charge >= 0.3 is 0 Å². The molecule has 1 fully saturated rings. The van der Waals surface area contributed by atoms with E-state index in [9.17, 15) is 13.6 Å². The Morgan fingerprint density at radius 3 is 2.49 bits per heavy atom. The van der Waals surface area contributed by atoms with Crippen molar-refractivity contribution in [2.75, 3.05) is 18.0 Å². The lowest BCUT2D eigenvalue weighted by molar-refractivity contribution is 0.0985. The Hall–Kier alpha value is -3.66. The number of Topliss-reactive ketones (excluding diaryl/α,β-unsaturated/α-hetero) is 1. The van der Waals surface area contributed by atoms with Gasteiger partial charge in [-0.2, -0.15) is 5.10 Å². The molecule has 0 amide bonds. The summed E-state index contributed by atoms with van der Waals surface area (Å²) < 4.78 is 27.8. The molecule has 0 aliphatic carbocycles. The molecule has 35 heavy (non-hydrogen) atoms. The molecule has 1 N–H and O–H groups in total. The third-order valence-corrected chi connectivity index (χ3v) is 6.52. The molecule has 0 atom stereocenters. The Bertz CT molecular complexity index is 1320. The molecule has 1 saturated heterocycles. The van der Waals surface area contributed by atoms with E-state index in [0.717, 1.165) is 53.9 Å². The number of halogens is 2. The third-order valence-electron chi connectivity index (χ3n) is 5.65. The number of nitrogens with zero attached hydrogens (tertiary/aromatic N) is 5. The zero-order valence-electron chi connectivity index (χ0n) is 19.0. The number of aromatic nitrogens is 2. The van der Waals surface area contributed by atoms with Crippen LogP contribution >= 0.6 is 11.8 Å². The van der Waals surface area contributed by atoms with Gasteiger partial charge in [0.25, 0.3) is 0 Å². The van der Waals surface area contributed by atoms with Crippen LogP contribution in [-0.4, -0.2) is 40.4 Å². The van der Waals surface area contributed by atoms with E-state index < -0.39 is 23.0 Å². The summed E-state index contributed by atoms with van der Waals surface area (Å²) in [5.41, 5.74) is 4.04. The van der Waals surface area contributed by atoms with Gasteiger partial charge in [-0.3, -0.25) is 10.2 Å². The number of benzene rings is 2. The lowest BCUT2D eigenvalue weighted by Crippen LogP contribution is -2.37. The zero-order chi connectivity index (χ0) is 24.4. The summed E-state index contributed by atoms with van der Waals surface area (Å²) in [7, 11) is 0. The number of nitrogens with one attached hydrogen (secondary N) is 1. The fourth-order valence-electron chi connectivity index (χ4n) is 3.71. The van der Waals surface area contributed by atoms with Crippen molar-refractivity contribution in [1.82, 2.24) is 15.4 Å². The quantitative estimate of drug-likeness (QED) is 0.372. The summed E-state index contributed by atoms with van der Waals surface area (Å²) in [6.45, 7) is 3.83. The zero-order valence-corrected chi connectivity index (χ0v) is 19.8. The molecule has 7 nitrogen and oxygen atoms in total. The van der Waals surface area contributed by atoms with Crippen molar-refractivity contribution in [1.29, 1.82) is 0 Å². The van der Waals surface area contributed by atoms with Crippen molar-refractivity contribution < 1.29 is 13.6 Å². The Kier molecular flexibility index (Phi) is 6.54. The normalized spacial score (nSPS) is 16.1. The number of amidine groups is 1. The van der Waals surface area contributed by atoms with Crippen molar-refractivity contribution in [3.8, 4) is 0 Å². The number of anilines is 1. The van der Waals surface area contributed by atoms with Gasteiger partial charge in [0.2, 0.25) is 0 Å². The molecule has 2 aromatic carbocycles. The molecule has 2 aliphatic heterocycles. The van der Waals surface area contributed by atoms with Crippen LogP contribution in [0.1, 0.15) is 35.7 Å². The van der Waals surface area contributed by atoms with E-state index in [0.29, 0.717) is 23.0 Å². The second-order valence-electron chi connectivity index (χ2n) is 8.34. The highest BCUT2D eigenvalue weighted by Crippen LogP contribution is 2.31. The lowest BCUT2D eigenvalue weighted by Gasteiger charge is -2.32. The van der Waals surface area contributed by atoms with Crippen LogP contribution < -0.4 is 10.3 Å². The first kappa shape index (κ1) is 23.1. The van der Waals surface area contributed by atoms with E-state index in [1.165, 1.54) is 17.8 Å². The summed E-state index contributed by atoms with van der Waals surface area (Å²) >= 11 is 1.38. The topological polar surface area (TPSA) is 82.8 Å². The first-order valence-electron chi connectivity index (χ1n) is 11.2. The number of hydrogen-bond donors (Lipinski definition) is 1. The second-order valence-corrected chi connectivity index (χ2v) is 9.38. The van der Waals surface area contributed by atoms with Gasteiger partial charge in [0, 0.05) is 42.6 Å². The van der Waals surface area contributed by atoms with Gasteiger partial charge in [0.1, 0.15) is 23.3 Å². The number of carbonyl (C=O) groups is 1. The fraction of sp³-hybridized carbons (Fsp3) is 0.240. The van der Waals surface area contributed by atoms with E-state index in [1.54, 1.807) is 12.1 Å². The number of rotatable bonds is 7. The van der Waals surface area contributed by atoms with Crippen molar-refractivity contribution in [3.05, 3.63) is 71.3 Å². The van der Waals surface area contributed by atoms with Crippen molar-refractivity contribution >= 4 is 40.7 Å². The monoisotopic (exact) mass is 492 g/mol. The fourth-order valence-corrected chi connectivity index (χ4v) is 4.48. The average Bonchev–Trinajstić information content (AvgIpc) is 3.18. The summed E-state index contributed by atoms with van der Waals surface area (Å²) in [6.07, 6.45) is 1.68. The molecule has 178 valence electrons. The summed E-state index contributed by atoms with van der Waals surface area (Å²) in [6, 6.07) is 12.5. The molecule has 0 saturated carbocycles. The maximum absolute atomic E-state index is 13.9. The number of hydrogen-bond acceptors (Lipinski definition) is 7. The molecule has 10 heteroatoms. The van der Waals surface area contributed by atoms with Gasteiger partial charge in [0.15, 0.2) is 16.8 Å². The summed E-state index contributed by atoms with van der Waals surface area (Å²) in [5.74, 6) is -0.170. The van der Waals surface area contributed by atoms with Gasteiger partial charge < -0.3 is 4.90 Å². The molecule has 0 unspecified atom stereocenters. The van der Waals surface area contributed by atoms with Gasteiger partial charge in [-0.05, 0) is 54.9 Å². The predicted octanol–water partition coefficient (Wildman–Crippen LogP) is 4.94. The minimum atomic E-state index is -0.852. The van der Waals surface area contributed by atoms with E-state index in [-0.39, 0.29) is 6.42 Å². The maximum Gasteiger partial charge on any atom is 0.196 e. The van der Waals surface area contributed by atoms with Crippen LogP contribution in [0, 0.1) is 11.6 Å². The summed E-state index contributed by atoms with van der Waals surface area (Å²) in [4.78, 5) is 29.4. The molecule has 1 aromatic heterocycles. The SMILES string of the molecule is CC1=NNC(=Nc2cc(N3CCC3)nc(Sc3ccc(CC(=O)c4c(F)cccc4F)cc3)n2)C1. The predicted molar refractivity (Wildman–Crippen MR) is 132 cm³/mol. The van der Waals surface area contributed by atoms with Gasteiger partial charge in [-0.25, -0.2) is 23.7 Å². The van der Waals surface area contributed by atoms with E-state index in [1.807, 2.05) is 25.1 Å². The van der Waals surface area contributed by atoms with Crippen molar-refractivity contribution in [2.24, 2.45) is 10.1 Å². The van der Waals surface area contributed by atoms with Gasteiger partial charge in [0.05, 0.1) is 5.56 Å². The van der Waals surface area contributed by atoms with Crippen LogP contribution in [0.15, 0.2) is 68.7 Å². The molecule has 0 spiro atoms.